The number of hydrogen-bond donors (Lipinski definition) is 2. The zero-order chi connectivity index (χ0) is 26.7. The normalized spacial score (nSPS) is 11.8. The van der Waals surface area contributed by atoms with Gasteiger partial charge in [0.05, 0.1) is 41.2 Å². The van der Waals surface area contributed by atoms with Gasteiger partial charge in [-0.25, -0.2) is 9.89 Å². The lowest BCUT2D eigenvalue weighted by atomic mass is 9.97. The number of benzene rings is 2. The van der Waals surface area contributed by atoms with Crippen LogP contribution in [0.1, 0.15) is 43.3 Å². The van der Waals surface area contributed by atoms with E-state index in [4.69, 9.17) is 4.74 Å². The highest BCUT2D eigenvalue weighted by Gasteiger charge is 2.18. The lowest BCUT2D eigenvalue weighted by Crippen LogP contribution is -2.32. The number of ether oxygens (including phenoxy) is 1. The molecular formula is C28H28N6O3. The van der Waals surface area contributed by atoms with Crippen LogP contribution in [0.4, 0.5) is 4.79 Å². The summed E-state index contributed by atoms with van der Waals surface area (Å²) in [6.45, 7) is 7.37. The Balaban J connectivity index is 1.76. The Morgan fingerprint density at radius 2 is 1.97 bits per heavy atom. The zero-order valence-electron chi connectivity index (χ0n) is 21.4. The number of nitriles is 1. The molecule has 37 heavy (non-hydrogen) atoms. The van der Waals surface area contributed by atoms with Crippen LogP contribution >= 0.6 is 0 Å². The molecule has 0 fully saturated rings. The first-order valence-corrected chi connectivity index (χ1v) is 11.8. The number of nitrogens with one attached hydrogen (secondary N) is 2. The summed E-state index contributed by atoms with van der Waals surface area (Å²) in [7, 11) is 1.81. The molecule has 2 N–H and O–H groups in total. The number of allylic oxidation sites excluding steroid dienone is 1. The molecule has 0 aliphatic heterocycles. The third-order valence-electron chi connectivity index (χ3n) is 5.80. The van der Waals surface area contributed by atoms with Crippen LogP contribution in [0.25, 0.3) is 33.5 Å². The van der Waals surface area contributed by atoms with Crippen molar-refractivity contribution in [3.63, 3.8) is 0 Å². The van der Waals surface area contributed by atoms with Crippen molar-refractivity contribution in [3.8, 4) is 17.2 Å². The summed E-state index contributed by atoms with van der Waals surface area (Å²) in [6, 6.07) is 15.4. The van der Waals surface area contributed by atoms with Gasteiger partial charge in [0.15, 0.2) is 0 Å². The van der Waals surface area contributed by atoms with E-state index in [-0.39, 0.29) is 12.1 Å². The van der Waals surface area contributed by atoms with Gasteiger partial charge >= 0.3 is 6.09 Å². The monoisotopic (exact) mass is 496 g/mol. The fraction of sp³-hybridized carbons (Fsp3) is 0.250. The number of fused-ring (bicyclic) bond motifs is 1. The van der Waals surface area contributed by atoms with Crippen molar-refractivity contribution in [1.29, 1.82) is 5.26 Å². The molecule has 0 saturated carbocycles. The van der Waals surface area contributed by atoms with Gasteiger partial charge in [0, 0.05) is 18.0 Å². The Morgan fingerprint density at radius 3 is 2.68 bits per heavy atom. The van der Waals surface area contributed by atoms with E-state index in [1.807, 2.05) is 56.4 Å². The number of carbonyl (C=O) groups is 1. The minimum absolute atomic E-state index is 0.0668. The van der Waals surface area contributed by atoms with Gasteiger partial charge in [-0.1, -0.05) is 30.3 Å². The standard InChI is InChI=1S/C28H28N6O3/c1-17-8-6-7-9-20(17)19(14-29)13-25-23(15-31-34(25)5)18-10-11-21-22(12-18)24(32-33-26(21)35)16-30-27(36)37-28(2,3)4/h6-13,15H,16H2,1-5H3,(H,30,36)(H,33,35)/b19-13+. The second-order valence-corrected chi connectivity index (χ2v) is 9.67. The Labute approximate surface area is 214 Å². The van der Waals surface area contributed by atoms with Crippen molar-refractivity contribution in [3.05, 3.63) is 81.5 Å². The molecule has 0 spiro atoms. The van der Waals surface area contributed by atoms with E-state index >= 15 is 0 Å². The first-order chi connectivity index (χ1) is 17.6. The number of aromatic amines is 1. The summed E-state index contributed by atoms with van der Waals surface area (Å²) in [6.07, 6.45) is 2.96. The highest BCUT2D eigenvalue weighted by molar-refractivity contribution is 5.94. The van der Waals surface area contributed by atoms with Gasteiger partial charge < -0.3 is 10.1 Å². The number of alkyl carbamates (subject to hydrolysis) is 1. The van der Waals surface area contributed by atoms with E-state index in [2.05, 4.69) is 26.7 Å². The molecule has 2 aromatic heterocycles. The quantitative estimate of drug-likeness (QED) is 0.385. The van der Waals surface area contributed by atoms with E-state index in [9.17, 15) is 14.9 Å². The third kappa shape index (κ3) is 5.59. The maximum atomic E-state index is 12.5. The molecule has 0 radical (unpaired) electrons. The molecule has 2 aromatic carbocycles. The second kappa shape index (κ2) is 10.1. The van der Waals surface area contributed by atoms with Crippen molar-refractivity contribution in [2.24, 2.45) is 7.05 Å². The van der Waals surface area contributed by atoms with Crippen molar-refractivity contribution < 1.29 is 9.53 Å². The van der Waals surface area contributed by atoms with Gasteiger partial charge in [-0.2, -0.15) is 15.5 Å². The van der Waals surface area contributed by atoms with Crippen molar-refractivity contribution >= 4 is 28.5 Å². The van der Waals surface area contributed by atoms with Gasteiger partial charge in [-0.05, 0) is 62.6 Å². The predicted molar refractivity (Wildman–Crippen MR) is 142 cm³/mol. The van der Waals surface area contributed by atoms with Crippen LogP contribution in [0.3, 0.4) is 0 Å². The first-order valence-electron chi connectivity index (χ1n) is 11.8. The highest BCUT2D eigenvalue weighted by Crippen LogP contribution is 2.30. The fourth-order valence-corrected chi connectivity index (χ4v) is 4.01. The van der Waals surface area contributed by atoms with Crippen molar-refractivity contribution in [1.82, 2.24) is 25.3 Å². The number of H-pyrrole nitrogens is 1. The largest absolute Gasteiger partial charge is 0.444 e. The number of hydrogen-bond acceptors (Lipinski definition) is 6. The van der Waals surface area contributed by atoms with Gasteiger partial charge in [0.25, 0.3) is 5.56 Å². The lowest BCUT2D eigenvalue weighted by Gasteiger charge is -2.19. The Morgan fingerprint density at radius 1 is 1.22 bits per heavy atom. The average molecular weight is 497 g/mol. The molecule has 0 saturated heterocycles. The topological polar surface area (TPSA) is 126 Å². The third-order valence-corrected chi connectivity index (χ3v) is 5.80. The number of amides is 1. The van der Waals surface area contributed by atoms with E-state index < -0.39 is 11.7 Å². The number of rotatable bonds is 5. The summed E-state index contributed by atoms with van der Waals surface area (Å²) >= 11 is 0. The molecule has 9 heteroatoms. The Bertz CT molecular complexity index is 1620. The van der Waals surface area contributed by atoms with Crippen LogP contribution in [0.2, 0.25) is 0 Å². The molecule has 188 valence electrons. The van der Waals surface area contributed by atoms with Crippen LogP contribution in [-0.4, -0.2) is 31.7 Å². The second-order valence-electron chi connectivity index (χ2n) is 9.67. The van der Waals surface area contributed by atoms with Crippen LogP contribution in [0.15, 0.2) is 53.5 Å². The summed E-state index contributed by atoms with van der Waals surface area (Å²) in [5.74, 6) is 0. The molecule has 0 unspecified atom stereocenters. The Kier molecular flexibility index (Phi) is 6.94. The van der Waals surface area contributed by atoms with Crippen LogP contribution in [0.5, 0.6) is 0 Å². The molecular weight excluding hydrogens is 468 g/mol. The number of nitrogens with zero attached hydrogens (tertiary/aromatic N) is 4. The lowest BCUT2D eigenvalue weighted by molar-refractivity contribution is 0.0523. The van der Waals surface area contributed by atoms with Gasteiger partial charge in [0.2, 0.25) is 0 Å². The smallest absolute Gasteiger partial charge is 0.407 e. The van der Waals surface area contributed by atoms with Crippen LogP contribution in [-0.2, 0) is 18.3 Å². The Hall–Kier alpha value is -4.71. The molecule has 4 rings (SSSR count). The molecule has 9 nitrogen and oxygen atoms in total. The SMILES string of the molecule is Cc1ccccc1/C(C#N)=C/c1c(-c2ccc3c(=O)[nH]nc(CNC(=O)OC(C)(C)C)c3c2)cnn1C. The number of aromatic nitrogens is 4. The van der Waals surface area contributed by atoms with Crippen LogP contribution in [0, 0.1) is 18.3 Å². The minimum atomic E-state index is -0.636. The number of aryl methyl sites for hydroxylation is 2. The van der Waals surface area contributed by atoms with Crippen molar-refractivity contribution in [2.45, 2.75) is 39.8 Å². The van der Waals surface area contributed by atoms with E-state index in [1.165, 1.54) is 0 Å². The molecule has 0 atom stereocenters. The molecule has 2 heterocycles. The maximum Gasteiger partial charge on any atom is 0.407 e. The molecule has 0 aliphatic rings. The predicted octanol–water partition coefficient (Wildman–Crippen LogP) is 4.72. The fourth-order valence-electron chi connectivity index (χ4n) is 4.01. The van der Waals surface area contributed by atoms with Gasteiger partial charge in [0.1, 0.15) is 5.60 Å². The molecule has 4 aromatic rings. The summed E-state index contributed by atoms with van der Waals surface area (Å²) in [5, 5.41) is 24.7. The van der Waals surface area contributed by atoms with Crippen molar-refractivity contribution in [2.75, 3.05) is 0 Å². The van der Waals surface area contributed by atoms with Gasteiger partial charge in [-0.3, -0.25) is 9.48 Å². The molecule has 0 aliphatic carbocycles. The summed E-state index contributed by atoms with van der Waals surface area (Å²) in [4.78, 5) is 24.6. The summed E-state index contributed by atoms with van der Waals surface area (Å²) in [5.41, 5.74) is 4.20. The maximum absolute atomic E-state index is 12.5. The van der Waals surface area contributed by atoms with Crippen LogP contribution < -0.4 is 10.9 Å². The highest BCUT2D eigenvalue weighted by atomic mass is 16.6. The zero-order valence-corrected chi connectivity index (χ0v) is 21.4. The minimum Gasteiger partial charge on any atom is -0.444 e. The van der Waals surface area contributed by atoms with Gasteiger partial charge in [-0.15, -0.1) is 0 Å². The first kappa shape index (κ1) is 25.4. The molecule has 0 bridgehead atoms. The molecule has 1 amide bonds. The summed E-state index contributed by atoms with van der Waals surface area (Å²) < 4.78 is 7.01. The van der Waals surface area contributed by atoms with E-state index in [0.29, 0.717) is 22.0 Å². The van der Waals surface area contributed by atoms with E-state index in [1.54, 1.807) is 37.7 Å². The average Bonchev–Trinajstić information content (AvgIpc) is 3.21. The number of carbonyl (C=O) groups excluding carboxylic acids is 1. The van der Waals surface area contributed by atoms with E-state index in [0.717, 1.165) is 27.9 Å².